The van der Waals surface area contributed by atoms with Gasteiger partial charge in [-0.2, -0.15) is 0 Å². The van der Waals surface area contributed by atoms with Crippen LogP contribution in [0.3, 0.4) is 0 Å². The molecule has 0 N–H and O–H groups in total. The molecule has 19 heavy (non-hydrogen) atoms. The first-order valence-electron chi connectivity index (χ1n) is 6.28. The average Bonchev–Trinajstić information content (AvgIpc) is 2.64. The van der Waals surface area contributed by atoms with Crippen molar-refractivity contribution in [3.05, 3.63) is 48.6 Å². The van der Waals surface area contributed by atoms with E-state index in [0.29, 0.717) is 6.42 Å². The molecule has 0 aromatic heterocycles. The Morgan fingerprint density at radius 2 is 2.00 bits per heavy atom. The van der Waals surface area contributed by atoms with Crippen molar-refractivity contribution in [2.45, 2.75) is 26.3 Å². The molecule has 98 valence electrons. The summed E-state index contributed by atoms with van der Waals surface area (Å²) in [6.07, 6.45) is 4.03. The molecule has 1 aromatic rings. The molecule has 0 spiro atoms. The highest BCUT2D eigenvalue weighted by molar-refractivity contribution is 6.07. The Kier molecular flexibility index (Phi) is 3.65. The van der Waals surface area contributed by atoms with Crippen LogP contribution in [0.1, 0.15) is 25.8 Å². The van der Waals surface area contributed by atoms with Crippen molar-refractivity contribution in [2.75, 3.05) is 4.90 Å². The number of hydrogen-bond acceptors (Lipinski definition) is 2. The SMILES string of the molecule is C=CCC1/C(=C\C(C)=O)c2ccccc2N1C(C)=O. The molecule has 1 aliphatic heterocycles. The quantitative estimate of drug-likeness (QED) is 0.615. The summed E-state index contributed by atoms with van der Waals surface area (Å²) in [5, 5.41) is 0. The van der Waals surface area contributed by atoms with Gasteiger partial charge in [0.05, 0.1) is 11.7 Å². The highest BCUT2D eigenvalue weighted by Crippen LogP contribution is 2.41. The van der Waals surface area contributed by atoms with Crippen molar-refractivity contribution in [1.29, 1.82) is 0 Å². The third kappa shape index (κ3) is 2.36. The Morgan fingerprint density at radius 1 is 1.32 bits per heavy atom. The monoisotopic (exact) mass is 255 g/mol. The van der Waals surface area contributed by atoms with E-state index in [2.05, 4.69) is 6.58 Å². The van der Waals surface area contributed by atoms with Crippen LogP contribution in [0, 0.1) is 0 Å². The predicted molar refractivity (Wildman–Crippen MR) is 76.9 cm³/mol. The molecule has 1 atom stereocenters. The molecule has 0 radical (unpaired) electrons. The van der Waals surface area contributed by atoms with E-state index >= 15 is 0 Å². The second-order valence-electron chi connectivity index (χ2n) is 4.66. The van der Waals surface area contributed by atoms with Gasteiger partial charge >= 0.3 is 0 Å². The van der Waals surface area contributed by atoms with Gasteiger partial charge in [-0.3, -0.25) is 9.59 Å². The zero-order valence-electron chi connectivity index (χ0n) is 11.2. The van der Waals surface area contributed by atoms with Gasteiger partial charge in [-0.25, -0.2) is 0 Å². The summed E-state index contributed by atoms with van der Waals surface area (Å²) >= 11 is 0. The maximum Gasteiger partial charge on any atom is 0.224 e. The Hall–Kier alpha value is -2.16. The maximum absolute atomic E-state index is 11.9. The van der Waals surface area contributed by atoms with Crippen LogP contribution in [0.25, 0.3) is 5.57 Å². The van der Waals surface area contributed by atoms with Crippen molar-refractivity contribution >= 4 is 23.0 Å². The maximum atomic E-state index is 11.9. The average molecular weight is 255 g/mol. The second-order valence-corrected chi connectivity index (χ2v) is 4.66. The molecule has 3 heteroatoms. The highest BCUT2D eigenvalue weighted by Gasteiger charge is 2.35. The minimum atomic E-state index is -0.128. The van der Waals surface area contributed by atoms with Gasteiger partial charge in [0.2, 0.25) is 5.91 Å². The number of allylic oxidation sites excluding steroid dienone is 1. The summed E-state index contributed by atoms with van der Waals surface area (Å²) in [4.78, 5) is 25.1. The van der Waals surface area contributed by atoms with Gasteiger partial charge in [-0.15, -0.1) is 6.58 Å². The van der Waals surface area contributed by atoms with E-state index < -0.39 is 0 Å². The lowest BCUT2D eigenvalue weighted by Crippen LogP contribution is -2.35. The van der Waals surface area contributed by atoms with E-state index in [1.807, 2.05) is 24.3 Å². The summed E-state index contributed by atoms with van der Waals surface area (Å²) in [7, 11) is 0. The number of hydrogen-bond donors (Lipinski definition) is 0. The van der Waals surface area contributed by atoms with Gasteiger partial charge in [0.1, 0.15) is 0 Å². The number of para-hydroxylation sites is 1. The highest BCUT2D eigenvalue weighted by atomic mass is 16.2. The number of ketones is 1. The fourth-order valence-electron chi connectivity index (χ4n) is 2.59. The minimum Gasteiger partial charge on any atom is -0.304 e. The van der Waals surface area contributed by atoms with Crippen LogP contribution in [0.5, 0.6) is 0 Å². The summed E-state index contributed by atoms with van der Waals surface area (Å²) in [5.41, 5.74) is 2.73. The Morgan fingerprint density at radius 3 is 2.58 bits per heavy atom. The van der Waals surface area contributed by atoms with Crippen molar-refractivity contribution in [3.8, 4) is 0 Å². The number of carbonyl (C=O) groups is 2. The minimum absolute atomic E-state index is 0.00994. The number of fused-ring (bicyclic) bond motifs is 1. The lowest BCUT2D eigenvalue weighted by Gasteiger charge is -2.23. The molecule has 1 amide bonds. The van der Waals surface area contributed by atoms with E-state index in [1.54, 1.807) is 24.0 Å². The fraction of sp³-hybridized carbons (Fsp3) is 0.250. The first-order valence-corrected chi connectivity index (χ1v) is 6.28. The zero-order valence-corrected chi connectivity index (χ0v) is 11.2. The predicted octanol–water partition coefficient (Wildman–Crippen LogP) is 2.97. The third-order valence-electron chi connectivity index (χ3n) is 3.23. The zero-order chi connectivity index (χ0) is 14.0. The van der Waals surface area contributed by atoms with Gasteiger partial charge in [0.25, 0.3) is 0 Å². The van der Waals surface area contributed by atoms with Gasteiger partial charge in [-0.1, -0.05) is 24.3 Å². The Balaban J connectivity index is 2.62. The molecule has 0 aliphatic carbocycles. The number of amides is 1. The number of nitrogens with zero attached hydrogens (tertiary/aromatic N) is 1. The Labute approximate surface area is 113 Å². The first kappa shape index (κ1) is 13.3. The number of anilines is 1. The van der Waals surface area contributed by atoms with E-state index in [-0.39, 0.29) is 17.7 Å². The van der Waals surface area contributed by atoms with Crippen LogP contribution in [0.2, 0.25) is 0 Å². The molecule has 1 unspecified atom stereocenters. The Bertz CT molecular complexity index is 572. The second kappa shape index (κ2) is 5.22. The first-order chi connectivity index (χ1) is 9.06. The topological polar surface area (TPSA) is 37.4 Å². The van der Waals surface area contributed by atoms with Gasteiger partial charge < -0.3 is 4.90 Å². The third-order valence-corrected chi connectivity index (χ3v) is 3.23. The van der Waals surface area contributed by atoms with Gasteiger partial charge in [0, 0.05) is 12.5 Å². The lowest BCUT2D eigenvalue weighted by atomic mass is 9.99. The van der Waals surface area contributed by atoms with Crippen molar-refractivity contribution in [2.24, 2.45) is 0 Å². The number of benzene rings is 1. The van der Waals surface area contributed by atoms with E-state index in [1.165, 1.54) is 6.92 Å². The molecule has 1 aliphatic rings. The molecule has 0 saturated heterocycles. The van der Waals surface area contributed by atoms with Gasteiger partial charge in [-0.05, 0) is 31.1 Å². The summed E-state index contributed by atoms with van der Waals surface area (Å²) in [5.74, 6) is -0.0319. The van der Waals surface area contributed by atoms with Crippen LogP contribution < -0.4 is 4.90 Å². The molecular weight excluding hydrogens is 238 g/mol. The number of carbonyl (C=O) groups excluding carboxylic acids is 2. The molecule has 0 bridgehead atoms. The molecular formula is C16H17NO2. The normalized spacial score (nSPS) is 19.4. The van der Waals surface area contributed by atoms with Crippen LogP contribution in [0.15, 0.2) is 43.0 Å². The molecule has 0 fully saturated rings. The van der Waals surface area contributed by atoms with Crippen LogP contribution in [0.4, 0.5) is 5.69 Å². The molecule has 3 nitrogen and oxygen atoms in total. The van der Waals surface area contributed by atoms with Crippen molar-refractivity contribution in [3.63, 3.8) is 0 Å². The molecule has 1 aromatic carbocycles. The molecule has 0 saturated carbocycles. The van der Waals surface area contributed by atoms with E-state index in [0.717, 1.165) is 16.8 Å². The smallest absolute Gasteiger partial charge is 0.224 e. The number of rotatable bonds is 3. The standard InChI is InChI=1S/C16H17NO2/c1-4-7-15-14(10-11(2)18)13-8-5-6-9-16(13)17(15)12(3)19/h4-6,8-10,15H,1,7H2,2-3H3/b14-10-. The van der Waals surface area contributed by atoms with Crippen LogP contribution >= 0.6 is 0 Å². The van der Waals surface area contributed by atoms with Gasteiger partial charge in [0.15, 0.2) is 5.78 Å². The van der Waals surface area contributed by atoms with Crippen LogP contribution in [-0.2, 0) is 9.59 Å². The van der Waals surface area contributed by atoms with E-state index in [9.17, 15) is 9.59 Å². The van der Waals surface area contributed by atoms with Crippen molar-refractivity contribution in [1.82, 2.24) is 0 Å². The summed E-state index contributed by atoms with van der Waals surface area (Å²) < 4.78 is 0. The molecule has 2 rings (SSSR count). The lowest BCUT2D eigenvalue weighted by molar-refractivity contribution is -0.117. The van der Waals surface area contributed by atoms with Crippen molar-refractivity contribution < 1.29 is 9.59 Å². The largest absolute Gasteiger partial charge is 0.304 e. The van der Waals surface area contributed by atoms with Crippen LogP contribution in [-0.4, -0.2) is 17.7 Å². The van der Waals surface area contributed by atoms with E-state index in [4.69, 9.17) is 0 Å². The fourth-order valence-corrected chi connectivity index (χ4v) is 2.59. The summed E-state index contributed by atoms with van der Waals surface area (Å²) in [6.45, 7) is 6.81. The molecule has 1 heterocycles. The summed E-state index contributed by atoms with van der Waals surface area (Å²) in [6, 6.07) is 7.55.